The molecule has 0 aliphatic rings. The van der Waals surface area contributed by atoms with E-state index in [9.17, 15) is 8.78 Å². The summed E-state index contributed by atoms with van der Waals surface area (Å²) in [5.74, 6) is 0.438. The summed E-state index contributed by atoms with van der Waals surface area (Å²) >= 11 is 5.86. The molecule has 0 atom stereocenters. The van der Waals surface area contributed by atoms with Gasteiger partial charge in [0, 0.05) is 12.1 Å². The minimum absolute atomic E-state index is 0.0282. The highest BCUT2D eigenvalue weighted by Crippen LogP contribution is 2.28. The Morgan fingerprint density at radius 2 is 2.06 bits per heavy atom. The minimum atomic E-state index is -2.71. The first-order valence-electron chi connectivity index (χ1n) is 5.11. The van der Waals surface area contributed by atoms with E-state index in [2.05, 4.69) is 5.10 Å². The molecule has 1 aromatic rings. The number of aromatic nitrogens is 2. The van der Waals surface area contributed by atoms with Crippen molar-refractivity contribution in [1.29, 1.82) is 0 Å². The second-order valence-electron chi connectivity index (χ2n) is 4.02. The van der Waals surface area contributed by atoms with Crippen molar-refractivity contribution < 1.29 is 13.9 Å². The average molecular weight is 253 g/mol. The standard InChI is InChI=1S/C10H15ClF2N2O/c1-6(2)3-4-15-9(11)7(5-16)8(14-15)10(12)13/h6,10,16H,3-5H2,1-2H3. The molecule has 1 rings (SSSR count). The lowest BCUT2D eigenvalue weighted by atomic mass is 10.1. The van der Waals surface area contributed by atoms with Crippen molar-refractivity contribution in [2.24, 2.45) is 5.92 Å². The number of aliphatic hydroxyl groups is 1. The minimum Gasteiger partial charge on any atom is -0.391 e. The molecule has 0 unspecified atom stereocenters. The van der Waals surface area contributed by atoms with E-state index < -0.39 is 18.7 Å². The van der Waals surface area contributed by atoms with E-state index >= 15 is 0 Å². The Bertz CT molecular complexity index is 353. The largest absolute Gasteiger partial charge is 0.391 e. The Hall–Kier alpha value is -0.680. The zero-order chi connectivity index (χ0) is 12.3. The Morgan fingerprint density at radius 3 is 2.44 bits per heavy atom. The molecule has 16 heavy (non-hydrogen) atoms. The van der Waals surface area contributed by atoms with Crippen molar-refractivity contribution >= 4 is 11.6 Å². The maximum absolute atomic E-state index is 12.6. The van der Waals surface area contributed by atoms with E-state index in [1.807, 2.05) is 13.8 Å². The molecule has 0 fully saturated rings. The number of rotatable bonds is 5. The third-order valence-corrected chi connectivity index (χ3v) is 2.72. The van der Waals surface area contributed by atoms with Crippen molar-refractivity contribution in [1.82, 2.24) is 9.78 Å². The van der Waals surface area contributed by atoms with Crippen molar-refractivity contribution in [3.05, 3.63) is 16.4 Å². The van der Waals surface area contributed by atoms with Crippen LogP contribution in [0.3, 0.4) is 0 Å². The summed E-state index contributed by atoms with van der Waals surface area (Å²) in [4.78, 5) is 0. The molecular formula is C10H15ClF2N2O. The van der Waals surface area contributed by atoms with Gasteiger partial charge < -0.3 is 5.11 Å². The molecule has 1 aromatic heterocycles. The molecule has 0 radical (unpaired) electrons. The molecule has 0 amide bonds. The van der Waals surface area contributed by atoms with E-state index in [4.69, 9.17) is 16.7 Å². The molecule has 0 saturated carbocycles. The number of nitrogens with zero attached hydrogens (tertiary/aromatic N) is 2. The fourth-order valence-corrected chi connectivity index (χ4v) is 1.62. The summed E-state index contributed by atoms with van der Waals surface area (Å²) in [5, 5.41) is 12.8. The number of alkyl halides is 2. The van der Waals surface area contributed by atoms with E-state index in [1.54, 1.807) is 0 Å². The topological polar surface area (TPSA) is 38.0 Å². The fraction of sp³-hybridized carbons (Fsp3) is 0.700. The summed E-state index contributed by atoms with van der Waals surface area (Å²) in [5.41, 5.74) is -0.392. The van der Waals surface area contributed by atoms with Crippen LogP contribution in [0.4, 0.5) is 8.78 Å². The number of aliphatic hydroxyl groups excluding tert-OH is 1. The van der Waals surface area contributed by atoms with E-state index in [-0.39, 0.29) is 10.7 Å². The smallest absolute Gasteiger partial charge is 0.282 e. The first-order valence-corrected chi connectivity index (χ1v) is 5.49. The summed E-state index contributed by atoms with van der Waals surface area (Å²) in [6.07, 6.45) is -1.91. The third kappa shape index (κ3) is 2.92. The van der Waals surface area contributed by atoms with Crippen molar-refractivity contribution in [3.8, 4) is 0 Å². The molecule has 0 aliphatic carbocycles. The van der Waals surface area contributed by atoms with Gasteiger partial charge in [-0.3, -0.25) is 4.68 Å². The quantitative estimate of drug-likeness (QED) is 0.875. The van der Waals surface area contributed by atoms with Crippen molar-refractivity contribution in [2.75, 3.05) is 0 Å². The lowest BCUT2D eigenvalue weighted by Gasteiger charge is -2.05. The predicted molar refractivity (Wildman–Crippen MR) is 57.6 cm³/mol. The Morgan fingerprint density at radius 1 is 1.44 bits per heavy atom. The van der Waals surface area contributed by atoms with Gasteiger partial charge in [-0.15, -0.1) is 0 Å². The first kappa shape index (κ1) is 13.4. The Balaban J connectivity index is 2.94. The number of aryl methyl sites for hydroxylation is 1. The van der Waals surface area contributed by atoms with Crippen LogP contribution in [0.15, 0.2) is 0 Å². The highest BCUT2D eigenvalue weighted by Gasteiger charge is 2.22. The third-order valence-electron chi connectivity index (χ3n) is 2.30. The molecule has 0 bridgehead atoms. The molecule has 92 valence electrons. The van der Waals surface area contributed by atoms with Gasteiger partial charge in [0.05, 0.1) is 6.61 Å². The summed E-state index contributed by atoms with van der Waals surface area (Å²) < 4.78 is 26.5. The van der Waals surface area contributed by atoms with Gasteiger partial charge in [0.2, 0.25) is 0 Å². The van der Waals surface area contributed by atoms with Gasteiger partial charge in [-0.1, -0.05) is 25.4 Å². The SMILES string of the molecule is CC(C)CCn1nc(C(F)F)c(CO)c1Cl. The zero-order valence-corrected chi connectivity index (χ0v) is 10.0. The zero-order valence-electron chi connectivity index (χ0n) is 9.25. The molecule has 0 spiro atoms. The number of hydrogen-bond donors (Lipinski definition) is 1. The maximum Gasteiger partial charge on any atom is 0.282 e. The molecule has 0 aliphatic heterocycles. The van der Waals surface area contributed by atoms with Crippen LogP contribution in [0, 0.1) is 5.92 Å². The van der Waals surface area contributed by atoms with Crippen LogP contribution in [-0.4, -0.2) is 14.9 Å². The summed E-state index contributed by atoms with van der Waals surface area (Å²) in [6, 6.07) is 0. The highest BCUT2D eigenvalue weighted by molar-refractivity contribution is 6.30. The van der Waals surface area contributed by atoms with Crippen LogP contribution in [0.2, 0.25) is 5.15 Å². The maximum atomic E-state index is 12.6. The van der Waals surface area contributed by atoms with Crippen molar-refractivity contribution in [2.45, 2.75) is 39.8 Å². The van der Waals surface area contributed by atoms with Gasteiger partial charge in [-0.2, -0.15) is 5.10 Å². The van der Waals surface area contributed by atoms with Crippen LogP contribution < -0.4 is 0 Å². The highest BCUT2D eigenvalue weighted by atomic mass is 35.5. The molecule has 1 N–H and O–H groups in total. The van der Waals surface area contributed by atoms with Crippen LogP contribution in [0.1, 0.15) is 38.0 Å². The van der Waals surface area contributed by atoms with Crippen LogP contribution >= 0.6 is 11.6 Å². The summed E-state index contributed by atoms with van der Waals surface area (Å²) in [6.45, 7) is 4.02. The molecule has 3 nitrogen and oxygen atoms in total. The molecular weight excluding hydrogens is 238 g/mol. The first-order chi connectivity index (χ1) is 7.47. The molecule has 0 aromatic carbocycles. The van der Waals surface area contributed by atoms with Gasteiger partial charge in [-0.25, -0.2) is 8.78 Å². The molecule has 6 heteroatoms. The van der Waals surface area contributed by atoms with Crippen molar-refractivity contribution in [3.63, 3.8) is 0 Å². The van der Waals surface area contributed by atoms with Gasteiger partial charge in [-0.05, 0) is 12.3 Å². The van der Waals surface area contributed by atoms with Gasteiger partial charge in [0.25, 0.3) is 6.43 Å². The molecule has 0 saturated heterocycles. The van der Waals surface area contributed by atoms with Crippen LogP contribution in [0.25, 0.3) is 0 Å². The number of halogens is 3. The molecule has 1 heterocycles. The number of hydrogen-bond acceptors (Lipinski definition) is 2. The Labute approximate surface area is 98.0 Å². The van der Waals surface area contributed by atoms with E-state index in [1.165, 1.54) is 4.68 Å². The second kappa shape index (κ2) is 5.59. The average Bonchev–Trinajstić information content (AvgIpc) is 2.52. The van der Waals surface area contributed by atoms with Crippen LogP contribution in [0.5, 0.6) is 0 Å². The normalized spacial score (nSPS) is 11.8. The van der Waals surface area contributed by atoms with E-state index in [0.29, 0.717) is 12.5 Å². The second-order valence-corrected chi connectivity index (χ2v) is 4.38. The van der Waals surface area contributed by atoms with E-state index in [0.717, 1.165) is 6.42 Å². The van der Waals surface area contributed by atoms with Gasteiger partial charge >= 0.3 is 0 Å². The fourth-order valence-electron chi connectivity index (χ4n) is 1.35. The van der Waals surface area contributed by atoms with Crippen LogP contribution in [-0.2, 0) is 13.2 Å². The van der Waals surface area contributed by atoms with Gasteiger partial charge in [0.1, 0.15) is 10.8 Å². The Kier molecular flexibility index (Phi) is 4.68. The van der Waals surface area contributed by atoms with Gasteiger partial charge in [0.15, 0.2) is 0 Å². The lowest BCUT2D eigenvalue weighted by Crippen LogP contribution is -2.04. The monoisotopic (exact) mass is 252 g/mol. The lowest BCUT2D eigenvalue weighted by molar-refractivity contribution is 0.141. The summed E-state index contributed by atoms with van der Waals surface area (Å²) in [7, 11) is 0. The predicted octanol–water partition coefficient (Wildman–Crippen LogP) is 3.01.